The van der Waals surface area contributed by atoms with Crippen molar-refractivity contribution in [1.82, 2.24) is 4.90 Å². The molecule has 1 saturated carbocycles. The third-order valence-electron chi connectivity index (χ3n) is 4.42. The number of hydrogen-bond donors (Lipinski definition) is 1. The van der Waals surface area contributed by atoms with Crippen molar-refractivity contribution in [2.24, 2.45) is 0 Å². The van der Waals surface area contributed by atoms with Crippen molar-refractivity contribution in [3.05, 3.63) is 83.6 Å². The van der Waals surface area contributed by atoms with Gasteiger partial charge < -0.3 is 10.0 Å². The van der Waals surface area contributed by atoms with Crippen LogP contribution >= 0.6 is 0 Å². The summed E-state index contributed by atoms with van der Waals surface area (Å²) in [6, 6.07) is 21.2. The molecule has 0 saturated heterocycles. The summed E-state index contributed by atoms with van der Waals surface area (Å²) in [5.74, 6) is 0. The van der Waals surface area contributed by atoms with E-state index in [1.807, 2.05) is 0 Å². The first-order chi connectivity index (χ1) is 11.3. The van der Waals surface area contributed by atoms with Gasteiger partial charge in [0.1, 0.15) is 0 Å². The summed E-state index contributed by atoms with van der Waals surface area (Å²) in [7, 11) is 0. The van der Waals surface area contributed by atoms with E-state index in [2.05, 4.69) is 71.8 Å². The summed E-state index contributed by atoms with van der Waals surface area (Å²) in [5.41, 5.74) is 4.12. The number of aliphatic hydroxyl groups excluding tert-OH is 1. The highest BCUT2D eigenvalue weighted by Gasteiger charge is 2.14. The van der Waals surface area contributed by atoms with Crippen LogP contribution in [0.5, 0.6) is 0 Å². The maximum Gasteiger partial charge on any atom is 0.0546 e. The number of rotatable bonds is 5. The van der Waals surface area contributed by atoms with Gasteiger partial charge in [0.15, 0.2) is 0 Å². The van der Waals surface area contributed by atoms with Crippen molar-refractivity contribution < 1.29 is 5.11 Å². The highest BCUT2D eigenvalue weighted by Crippen LogP contribution is 2.24. The Balaban J connectivity index is 1.74. The Hall–Kier alpha value is -2.06. The molecule has 1 fully saturated rings. The van der Waals surface area contributed by atoms with Crippen LogP contribution in [0.15, 0.2) is 72.4 Å². The zero-order chi connectivity index (χ0) is 15.9. The molecule has 120 valence electrons. The van der Waals surface area contributed by atoms with Crippen LogP contribution in [-0.4, -0.2) is 16.1 Å². The average molecular weight is 307 g/mol. The first kappa shape index (κ1) is 15.8. The van der Waals surface area contributed by atoms with Gasteiger partial charge >= 0.3 is 0 Å². The normalized spacial score (nSPS) is 17.8. The SMILES string of the molecule is OC1CCC(=CN(Cc2ccccc2)Cc2ccccc2)CC1. The Morgan fingerprint density at radius 2 is 1.30 bits per heavy atom. The minimum absolute atomic E-state index is 0.108. The van der Waals surface area contributed by atoms with Crippen LogP contribution in [0.4, 0.5) is 0 Å². The van der Waals surface area contributed by atoms with E-state index in [1.165, 1.54) is 16.7 Å². The molecule has 0 heterocycles. The second-order valence-electron chi connectivity index (χ2n) is 6.39. The van der Waals surface area contributed by atoms with Gasteiger partial charge in [-0.3, -0.25) is 0 Å². The first-order valence-electron chi connectivity index (χ1n) is 8.49. The molecule has 1 N–H and O–H groups in total. The van der Waals surface area contributed by atoms with Crippen LogP contribution in [0.3, 0.4) is 0 Å². The Morgan fingerprint density at radius 3 is 1.78 bits per heavy atom. The molecule has 0 spiro atoms. The monoisotopic (exact) mass is 307 g/mol. The number of hydrogen-bond acceptors (Lipinski definition) is 2. The quantitative estimate of drug-likeness (QED) is 0.878. The smallest absolute Gasteiger partial charge is 0.0546 e. The molecule has 0 amide bonds. The molecule has 1 aliphatic carbocycles. The van der Waals surface area contributed by atoms with E-state index >= 15 is 0 Å². The maximum atomic E-state index is 9.69. The van der Waals surface area contributed by atoms with Gasteiger partial charge in [-0.1, -0.05) is 66.2 Å². The summed E-state index contributed by atoms with van der Waals surface area (Å²) in [6.45, 7) is 1.84. The lowest BCUT2D eigenvalue weighted by Gasteiger charge is -2.25. The van der Waals surface area contributed by atoms with E-state index in [4.69, 9.17) is 0 Å². The van der Waals surface area contributed by atoms with Gasteiger partial charge in [-0.2, -0.15) is 0 Å². The number of aliphatic hydroxyl groups is 1. The molecule has 2 nitrogen and oxygen atoms in total. The average Bonchev–Trinajstić information content (AvgIpc) is 2.59. The van der Waals surface area contributed by atoms with Gasteiger partial charge in [0.25, 0.3) is 0 Å². The van der Waals surface area contributed by atoms with Gasteiger partial charge in [0, 0.05) is 13.1 Å². The molecule has 1 aliphatic rings. The standard InChI is InChI=1S/C21H25NO/c23-21-13-11-20(12-14-21)17-22(15-18-7-3-1-4-8-18)16-19-9-5-2-6-10-19/h1-10,17,21,23H,11-16H2. The van der Waals surface area contributed by atoms with Crippen LogP contribution < -0.4 is 0 Å². The van der Waals surface area contributed by atoms with Crippen molar-refractivity contribution in [3.63, 3.8) is 0 Å². The Bertz CT molecular complexity index is 569. The van der Waals surface area contributed by atoms with Crippen molar-refractivity contribution in [3.8, 4) is 0 Å². The predicted octanol–water partition coefficient (Wildman–Crippen LogP) is 4.51. The summed E-state index contributed by atoms with van der Waals surface area (Å²) < 4.78 is 0. The lowest BCUT2D eigenvalue weighted by Crippen LogP contribution is -2.19. The van der Waals surface area contributed by atoms with E-state index in [1.54, 1.807) is 0 Å². The lowest BCUT2D eigenvalue weighted by atomic mass is 9.93. The second-order valence-corrected chi connectivity index (χ2v) is 6.39. The highest BCUT2D eigenvalue weighted by molar-refractivity contribution is 5.18. The second kappa shape index (κ2) is 7.98. The molecule has 23 heavy (non-hydrogen) atoms. The minimum Gasteiger partial charge on any atom is -0.393 e. The van der Waals surface area contributed by atoms with Gasteiger partial charge in [0.05, 0.1) is 6.10 Å². The van der Waals surface area contributed by atoms with Crippen LogP contribution in [0.2, 0.25) is 0 Å². The molecule has 0 unspecified atom stereocenters. The number of benzene rings is 2. The van der Waals surface area contributed by atoms with E-state index < -0.39 is 0 Å². The van der Waals surface area contributed by atoms with Gasteiger partial charge in [-0.05, 0) is 43.0 Å². The highest BCUT2D eigenvalue weighted by atomic mass is 16.3. The Labute approximate surface area is 139 Å². The van der Waals surface area contributed by atoms with Crippen molar-refractivity contribution >= 4 is 0 Å². The first-order valence-corrected chi connectivity index (χ1v) is 8.49. The van der Waals surface area contributed by atoms with E-state index in [9.17, 15) is 5.11 Å². The van der Waals surface area contributed by atoms with Crippen LogP contribution in [0, 0.1) is 0 Å². The molecule has 0 bridgehead atoms. The third kappa shape index (κ3) is 4.97. The Morgan fingerprint density at radius 1 is 0.826 bits per heavy atom. The molecular formula is C21H25NO. The minimum atomic E-state index is -0.108. The number of nitrogens with zero attached hydrogens (tertiary/aromatic N) is 1. The maximum absolute atomic E-state index is 9.69. The summed E-state index contributed by atoms with van der Waals surface area (Å²) >= 11 is 0. The third-order valence-corrected chi connectivity index (χ3v) is 4.42. The van der Waals surface area contributed by atoms with Crippen molar-refractivity contribution in [2.75, 3.05) is 0 Å². The largest absolute Gasteiger partial charge is 0.393 e. The molecular weight excluding hydrogens is 282 g/mol. The van der Waals surface area contributed by atoms with E-state index in [-0.39, 0.29) is 6.10 Å². The lowest BCUT2D eigenvalue weighted by molar-refractivity contribution is 0.142. The van der Waals surface area contributed by atoms with Crippen LogP contribution in [-0.2, 0) is 13.1 Å². The number of allylic oxidation sites excluding steroid dienone is 1. The molecule has 3 rings (SSSR count). The zero-order valence-corrected chi connectivity index (χ0v) is 13.6. The molecule has 2 aromatic rings. The molecule has 0 atom stereocenters. The predicted molar refractivity (Wildman–Crippen MR) is 94.7 cm³/mol. The summed E-state index contributed by atoms with van der Waals surface area (Å²) in [5, 5.41) is 9.69. The molecule has 2 aromatic carbocycles. The summed E-state index contributed by atoms with van der Waals surface area (Å²) in [4.78, 5) is 2.40. The molecule has 0 radical (unpaired) electrons. The van der Waals surface area contributed by atoms with Crippen molar-refractivity contribution in [1.29, 1.82) is 0 Å². The fourth-order valence-corrected chi connectivity index (χ4v) is 3.14. The van der Waals surface area contributed by atoms with Gasteiger partial charge in [-0.25, -0.2) is 0 Å². The van der Waals surface area contributed by atoms with E-state index in [0.29, 0.717) is 0 Å². The summed E-state index contributed by atoms with van der Waals surface area (Å²) in [6.07, 6.45) is 6.05. The molecule has 0 aromatic heterocycles. The fraction of sp³-hybridized carbons (Fsp3) is 0.333. The topological polar surface area (TPSA) is 23.5 Å². The zero-order valence-electron chi connectivity index (χ0n) is 13.6. The van der Waals surface area contributed by atoms with Gasteiger partial charge in [-0.15, -0.1) is 0 Å². The van der Waals surface area contributed by atoms with Crippen LogP contribution in [0.1, 0.15) is 36.8 Å². The Kier molecular flexibility index (Phi) is 5.49. The molecule has 2 heteroatoms. The van der Waals surface area contributed by atoms with E-state index in [0.717, 1.165) is 38.8 Å². The van der Waals surface area contributed by atoms with Crippen molar-refractivity contribution in [2.45, 2.75) is 44.9 Å². The fourth-order valence-electron chi connectivity index (χ4n) is 3.14. The van der Waals surface area contributed by atoms with Crippen LogP contribution in [0.25, 0.3) is 0 Å². The molecule has 0 aliphatic heterocycles. The van der Waals surface area contributed by atoms with Gasteiger partial charge in [0.2, 0.25) is 0 Å².